The van der Waals surface area contributed by atoms with Crippen molar-refractivity contribution < 1.29 is 0 Å². The van der Waals surface area contributed by atoms with E-state index in [0.29, 0.717) is 11.0 Å². The first-order valence-corrected chi connectivity index (χ1v) is 9.64. The van der Waals surface area contributed by atoms with Crippen LogP contribution in [0.4, 0.5) is 0 Å². The molecule has 2 atom stereocenters. The van der Waals surface area contributed by atoms with Gasteiger partial charge in [-0.25, -0.2) is 0 Å². The Morgan fingerprint density at radius 3 is 2.08 bits per heavy atom. The first-order chi connectivity index (χ1) is 12.0. The number of benzene rings is 2. The highest BCUT2D eigenvalue weighted by Crippen LogP contribution is 2.22. The predicted molar refractivity (Wildman–Crippen MR) is 112 cm³/mol. The summed E-state index contributed by atoms with van der Waals surface area (Å²) in [5.74, 6) is 0.610. The number of aryl methyl sites for hydroxylation is 1. The molecule has 0 radical (unpaired) electrons. The highest BCUT2D eigenvalue weighted by atomic mass is 32.1. The van der Waals surface area contributed by atoms with E-state index in [9.17, 15) is 0 Å². The Kier molecular flexibility index (Phi) is 7.45. The summed E-state index contributed by atoms with van der Waals surface area (Å²) >= 11 is 5.49. The highest BCUT2D eigenvalue weighted by Gasteiger charge is 2.11. The third kappa shape index (κ3) is 5.86. The van der Waals surface area contributed by atoms with Crippen LogP contribution in [0.1, 0.15) is 67.8 Å². The lowest BCUT2D eigenvalue weighted by molar-refractivity contribution is 0.615. The minimum atomic E-state index is 0.240. The molecule has 2 aromatic carbocycles. The molecule has 2 nitrogen and oxygen atoms in total. The molecule has 3 heteroatoms. The van der Waals surface area contributed by atoms with E-state index in [2.05, 4.69) is 86.9 Å². The quantitative estimate of drug-likeness (QED) is 0.631. The van der Waals surface area contributed by atoms with Crippen LogP contribution in [0.5, 0.6) is 0 Å². The fraction of sp³-hybridized carbons (Fsp3) is 0.409. The molecule has 0 fully saturated rings. The second kappa shape index (κ2) is 9.57. The summed E-state index contributed by atoms with van der Waals surface area (Å²) in [6.45, 7) is 9.53. The van der Waals surface area contributed by atoms with Crippen molar-refractivity contribution in [1.82, 2.24) is 10.6 Å². The van der Waals surface area contributed by atoms with Gasteiger partial charge in [0.1, 0.15) is 0 Å². The van der Waals surface area contributed by atoms with Crippen molar-refractivity contribution in [1.29, 1.82) is 0 Å². The van der Waals surface area contributed by atoms with Crippen molar-refractivity contribution in [2.75, 3.05) is 0 Å². The van der Waals surface area contributed by atoms with E-state index in [4.69, 9.17) is 12.2 Å². The van der Waals surface area contributed by atoms with E-state index in [0.717, 1.165) is 13.0 Å². The summed E-state index contributed by atoms with van der Waals surface area (Å²) < 4.78 is 0. The lowest BCUT2D eigenvalue weighted by Crippen LogP contribution is -2.37. The number of rotatable bonds is 7. The van der Waals surface area contributed by atoms with Crippen LogP contribution in [0, 0.1) is 6.92 Å². The molecule has 0 aromatic heterocycles. The average Bonchev–Trinajstić information content (AvgIpc) is 2.65. The molecule has 0 saturated carbocycles. The molecule has 0 saturated heterocycles. The smallest absolute Gasteiger partial charge is 0.167 e. The normalized spacial score (nSPS) is 13.1. The van der Waals surface area contributed by atoms with Crippen LogP contribution in [0.15, 0.2) is 48.5 Å². The van der Waals surface area contributed by atoms with Crippen LogP contribution in [0.25, 0.3) is 0 Å². The summed E-state index contributed by atoms with van der Waals surface area (Å²) in [5.41, 5.74) is 5.20. The zero-order valence-corrected chi connectivity index (χ0v) is 16.6. The summed E-state index contributed by atoms with van der Waals surface area (Å²) in [6, 6.07) is 17.7. The Labute approximate surface area is 158 Å². The van der Waals surface area contributed by atoms with Crippen molar-refractivity contribution in [3.05, 3.63) is 70.8 Å². The SMILES string of the molecule is CCC(C)c1ccc(C(CC)NC(=S)NCc2ccc(C)cc2)cc1. The van der Waals surface area contributed by atoms with Crippen LogP contribution < -0.4 is 10.6 Å². The third-order valence-corrected chi connectivity index (χ3v) is 5.07. The molecule has 0 aliphatic carbocycles. The summed E-state index contributed by atoms with van der Waals surface area (Å²) in [7, 11) is 0. The lowest BCUT2D eigenvalue weighted by atomic mass is 9.95. The predicted octanol–water partition coefficient (Wildman–Crippen LogP) is 5.62. The van der Waals surface area contributed by atoms with Gasteiger partial charge in [-0.15, -0.1) is 0 Å². The summed E-state index contributed by atoms with van der Waals surface area (Å²) in [5, 5.41) is 7.47. The molecule has 2 aromatic rings. The van der Waals surface area contributed by atoms with E-state index in [1.54, 1.807) is 0 Å². The van der Waals surface area contributed by atoms with Crippen molar-refractivity contribution in [2.45, 2.75) is 59.0 Å². The van der Waals surface area contributed by atoms with Gasteiger partial charge in [-0.3, -0.25) is 0 Å². The third-order valence-electron chi connectivity index (χ3n) is 4.81. The minimum absolute atomic E-state index is 0.240. The number of hydrogen-bond acceptors (Lipinski definition) is 1. The number of thiocarbonyl (C=S) groups is 1. The second-order valence-corrected chi connectivity index (χ2v) is 7.16. The van der Waals surface area contributed by atoms with Gasteiger partial charge >= 0.3 is 0 Å². The first kappa shape index (κ1) is 19.5. The molecule has 134 valence electrons. The monoisotopic (exact) mass is 354 g/mol. The van der Waals surface area contributed by atoms with Gasteiger partial charge in [0.15, 0.2) is 5.11 Å². The van der Waals surface area contributed by atoms with E-state index in [1.807, 2.05) is 0 Å². The van der Waals surface area contributed by atoms with E-state index < -0.39 is 0 Å². The molecule has 0 aliphatic heterocycles. The molecule has 0 spiro atoms. The molecule has 0 heterocycles. The average molecular weight is 355 g/mol. The fourth-order valence-corrected chi connectivity index (χ4v) is 3.03. The van der Waals surface area contributed by atoms with E-state index in [-0.39, 0.29) is 6.04 Å². The summed E-state index contributed by atoms with van der Waals surface area (Å²) in [4.78, 5) is 0. The van der Waals surface area contributed by atoms with Crippen LogP contribution in [-0.2, 0) is 6.54 Å². The zero-order chi connectivity index (χ0) is 18.2. The van der Waals surface area contributed by atoms with Crippen LogP contribution in [0.2, 0.25) is 0 Å². The van der Waals surface area contributed by atoms with Gasteiger partial charge in [-0.05, 0) is 54.6 Å². The molecule has 2 N–H and O–H groups in total. The maximum absolute atomic E-state index is 5.49. The van der Waals surface area contributed by atoms with Crippen molar-refractivity contribution in [2.24, 2.45) is 0 Å². The first-order valence-electron chi connectivity index (χ1n) is 9.23. The Hall–Kier alpha value is -1.87. The highest BCUT2D eigenvalue weighted by molar-refractivity contribution is 7.80. The number of hydrogen-bond donors (Lipinski definition) is 2. The van der Waals surface area contributed by atoms with Gasteiger partial charge in [0.05, 0.1) is 6.04 Å². The van der Waals surface area contributed by atoms with Gasteiger partial charge in [-0.2, -0.15) is 0 Å². The topological polar surface area (TPSA) is 24.1 Å². The molecule has 0 bridgehead atoms. The van der Waals surface area contributed by atoms with Gasteiger partial charge in [0.2, 0.25) is 0 Å². The van der Waals surface area contributed by atoms with Gasteiger partial charge in [0, 0.05) is 6.54 Å². The van der Waals surface area contributed by atoms with Crippen molar-refractivity contribution in [3.8, 4) is 0 Å². The van der Waals surface area contributed by atoms with Gasteiger partial charge in [-0.1, -0.05) is 74.9 Å². The molecule has 25 heavy (non-hydrogen) atoms. The van der Waals surface area contributed by atoms with Crippen molar-refractivity contribution in [3.63, 3.8) is 0 Å². The second-order valence-electron chi connectivity index (χ2n) is 6.75. The standard InChI is InChI=1S/C22H30N2S/c1-5-17(4)19-11-13-20(14-12-19)21(6-2)24-22(25)23-15-18-9-7-16(3)8-10-18/h7-14,17,21H,5-6,15H2,1-4H3,(H2,23,24,25). The van der Waals surface area contributed by atoms with E-state index in [1.165, 1.54) is 28.7 Å². The molecule has 0 amide bonds. The maximum Gasteiger partial charge on any atom is 0.167 e. The molecule has 2 rings (SSSR count). The Morgan fingerprint density at radius 2 is 1.52 bits per heavy atom. The number of nitrogens with one attached hydrogen (secondary N) is 2. The van der Waals surface area contributed by atoms with Crippen LogP contribution in [0.3, 0.4) is 0 Å². The van der Waals surface area contributed by atoms with Gasteiger partial charge < -0.3 is 10.6 Å². The Bertz CT molecular complexity index is 661. The lowest BCUT2D eigenvalue weighted by Gasteiger charge is -2.21. The van der Waals surface area contributed by atoms with Crippen molar-refractivity contribution >= 4 is 17.3 Å². The Balaban J connectivity index is 1.91. The zero-order valence-electron chi connectivity index (χ0n) is 15.8. The van der Waals surface area contributed by atoms with E-state index >= 15 is 0 Å². The Morgan fingerprint density at radius 1 is 0.920 bits per heavy atom. The van der Waals surface area contributed by atoms with Crippen LogP contribution >= 0.6 is 12.2 Å². The molecular weight excluding hydrogens is 324 g/mol. The largest absolute Gasteiger partial charge is 0.359 e. The minimum Gasteiger partial charge on any atom is -0.359 e. The van der Waals surface area contributed by atoms with Gasteiger partial charge in [0.25, 0.3) is 0 Å². The van der Waals surface area contributed by atoms with Crippen LogP contribution in [-0.4, -0.2) is 5.11 Å². The molecular formula is C22H30N2S. The fourth-order valence-electron chi connectivity index (χ4n) is 2.81. The molecule has 0 aliphatic rings. The summed E-state index contributed by atoms with van der Waals surface area (Å²) in [6.07, 6.45) is 2.16. The maximum atomic E-state index is 5.49. The molecule has 2 unspecified atom stereocenters.